The van der Waals surface area contributed by atoms with Crippen LogP contribution in [0.25, 0.3) is 22.2 Å². The number of rotatable bonds is 5. The second kappa shape index (κ2) is 7.91. The predicted molar refractivity (Wildman–Crippen MR) is 117 cm³/mol. The van der Waals surface area contributed by atoms with Gasteiger partial charge in [0.1, 0.15) is 5.69 Å². The van der Waals surface area contributed by atoms with Crippen LogP contribution in [0.3, 0.4) is 0 Å². The van der Waals surface area contributed by atoms with Gasteiger partial charge in [0.25, 0.3) is 5.91 Å². The number of aromatic nitrogens is 5. The molecule has 4 rings (SSSR count). The summed E-state index contributed by atoms with van der Waals surface area (Å²) in [7, 11) is 3.63. The van der Waals surface area contributed by atoms with Crippen molar-refractivity contribution >= 4 is 28.4 Å². The first kappa shape index (κ1) is 20.1. The summed E-state index contributed by atoms with van der Waals surface area (Å²) in [6.07, 6.45) is 3.70. The summed E-state index contributed by atoms with van der Waals surface area (Å²) in [6, 6.07) is 9.51. The molecule has 0 unspecified atom stereocenters. The molecule has 0 atom stereocenters. The van der Waals surface area contributed by atoms with Crippen LogP contribution in [0.2, 0.25) is 5.02 Å². The lowest BCUT2D eigenvalue weighted by molar-refractivity contribution is 0.0785. The van der Waals surface area contributed by atoms with Crippen LogP contribution in [0.1, 0.15) is 28.7 Å². The highest BCUT2D eigenvalue weighted by atomic mass is 35.5. The first-order valence-corrected chi connectivity index (χ1v) is 10.1. The van der Waals surface area contributed by atoms with Crippen molar-refractivity contribution in [2.75, 3.05) is 7.05 Å². The minimum absolute atomic E-state index is 0.112. The van der Waals surface area contributed by atoms with Crippen LogP contribution in [-0.2, 0) is 20.1 Å². The molecule has 0 bridgehead atoms. The number of hydrogen-bond acceptors (Lipinski definition) is 4. The number of amides is 1. The van der Waals surface area contributed by atoms with Crippen molar-refractivity contribution in [1.29, 1.82) is 0 Å². The average Bonchev–Trinajstić information content (AvgIpc) is 3.27. The van der Waals surface area contributed by atoms with Crippen molar-refractivity contribution in [1.82, 2.24) is 29.4 Å². The molecule has 0 fully saturated rings. The van der Waals surface area contributed by atoms with E-state index in [9.17, 15) is 4.79 Å². The van der Waals surface area contributed by atoms with Crippen molar-refractivity contribution in [2.24, 2.45) is 7.05 Å². The van der Waals surface area contributed by atoms with Gasteiger partial charge in [0.05, 0.1) is 34.0 Å². The third-order valence-corrected chi connectivity index (χ3v) is 5.40. The lowest BCUT2D eigenvalue weighted by atomic mass is 10.0. The molecule has 30 heavy (non-hydrogen) atoms. The van der Waals surface area contributed by atoms with Crippen molar-refractivity contribution < 1.29 is 4.79 Å². The minimum Gasteiger partial charge on any atom is -0.336 e. The van der Waals surface area contributed by atoms with Crippen LogP contribution in [-0.4, -0.2) is 42.4 Å². The average molecular weight is 423 g/mol. The van der Waals surface area contributed by atoms with Gasteiger partial charge in [-0.2, -0.15) is 10.2 Å². The summed E-state index contributed by atoms with van der Waals surface area (Å²) in [5.41, 5.74) is 4.53. The minimum atomic E-state index is -0.112. The van der Waals surface area contributed by atoms with E-state index in [1.807, 2.05) is 57.4 Å². The van der Waals surface area contributed by atoms with Crippen molar-refractivity contribution in [2.45, 2.75) is 26.9 Å². The van der Waals surface area contributed by atoms with Gasteiger partial charge in [-0.1, -0.05) is 29.8 Å². The molecule has 0 aliphatic rings. The zero-order valence-electron chi connectivity index (χ0n) is 17.4. The molecule has 0 radical (unpaired) electrons. The quantitative estimate of drug-likeness (QED) is 0.485. The second-order valence-electron chi connectivity index (χ2n) is 7.31. The molecule has 4 aromatic rings. The Kier molecular flexibility index (Phi) is 5.30. The molecule has 0 N–H and O–H groups in total. The van der Waals surface area contributed by atoms with E-state index in [1.54, 1.807) is 27.5 Å². The van der Waals surface area contributed by atoms with Crippen LogP contribution in [0.4, 0.5) is 0 Å². The van der Waals surface area contributed by atoms with Crippen LogP contribution < -0.4 is 0 Å². The number of carbonyl (C=O) groups is 1. The molecule has 0 saturated heterocycles. The van der Waals surface area contributed by atoms with E-state index in [2.05, 4.69) is 10.2 Å². The van der Waals surface area contributed by atoms with Gasteiger partial charge in [-0.05, 0) is 26.0 Å². The number of fused-ring (bicyclic) bond motifs is 1. The summed E-state index contributed by atoms with van der Waals surface area (Å²) in [5, 5.41) is 10.2. The SMILES string of the molecule is CCn1cc(Cl)c(CN(C)C(=O)c2cc(-c3cn(C)nc3C)nc3ccccc23)n1. The van der Waals surface area contributed by atoms with Crippen molar-refractivity contribution in [3.05, 3.63) is 64.7 Å². The van der Waals surface area contributed by atoms with E-state index >= 15 is 0 Å². The van der Waals surface area contributed by atoms with Gasteiger partial charge in [0.2, 0.25) is 0 Å². The van der Waals surface area contributed by atoms with E-state index < -0.39 is 0 Å². The maximum absolute atomic E-state index is 13.4. The van der Waals surface area contributed by atoms with E-state index in [0.29, 0.717) is 22.8 Å². The highest BCUT2D eigenvalue weighted by Crippen LogP contribution is 2.27. The second-order valence-corrected chi connectivity index (χ2v) is 7.72. The summed E-state index contributed by atoms with van der Waals surface area (Å²) in [4.78, 5) is 19.8. The van der Waals surface area contributed by atoms with Gasteiger partial charge in [0.15, 0.2) is 0 Å². The Morgan fingerprint density at radius 2 is 1.97 bits per heavy atom. The summed E-state index contributed by atoms with van der Waals surface area (Å²) in [5.74, 6) is -0.112. The van der Waals surface area contributed by atoms with Gasteiger partial charge >= 0.3 is 0 Å². The highest BCUT2D eigenvalue weighted by molar-refractivity contribution is 6.31. The summed E-state index contributed by atoms with van der Waals surface area (Å²) < 4.78 is 3.52. The molecule has 0 aliphatic carbocycles. The first-order chi connectivity index (χ1) is 14.4. The molecule has 7 nitrogen and oxygen atoms in total. The van der Waals surface area contributed by atoms with Crippen LogP contribution in [0.5, 0.6) is 0 Å². The Labute approximate surface area is 179 Å². The number of benzene rings is 1. The Morgan fingerprint density at radius 3 is 2.63 bits per heavy atom. The standard InChI is InChI=1S/C22H23ClN6O/c1-5-29-12-18(23)21(26-29)13-27(3)22(30)16-10-20(17-11-28(4)25-14(17)2)24-19-9-7-6-8-15(16)19/h6-12H,5,13H2,1-4H3. The van der Waals surface area contributed by atoms with Gasteiger partial charge in [-0.25, -0.2) is 4.98 Å². The number of pyridine rings is 1. The molecule has 3 aromatic heterocycles. The Morgan fingerprint density at radius 1 is 1.20 bits per heavy atom. The molecule has 0 saturated carbocycles. The fraction of sp³-hybridized carbons (Fsp3) is 0.273. The normalized spacial score (nSPS) is 11.2. The monoisotopic (exact) mass is 422 g/mol. The third-order valence-electron chi connectivity index (χ3n) is 5.08. The number of halogens is 1. The van der Waals surface area contributed by atoms with Gasteiger partial charge in [-0.15, -0.1) is 0 Å². The molecule has 154 valence electrons. The van der Waals surface area contributed by atoms with Crippen LogP contribution >= 0.6 is 11.6 Å². The molecular weight excluding hydrogens is 400 g/mol. The van der Waals surface area contributed by atoms with E-state index in [1.165, 1.54) is 0 Å². The molecule has 1 amide bonds. The molecule has 1 aromatic carbocycles. The summed E-state index contributed by atoms with van der Waals surface area (Å²) in [6.45, 7) is 4.97. The van der Waals surface area contributed by atoms with E-state index in [0.717, 1.165) is 34.4 Å². The van der Waals surface area contributed by atoms with Gasteiger partial charge in [-0.3, -0.25) is 14.2 Å². The largest absolute Gasteiger partial charge is 0.336 e. The topological polar surface area (TPSA) is 68.8 Å². The smallest absolute Gasteiger partial charge is 0.254 e. The van der Waals surface area contributed by atoms with Gasteiger partial charge in [0, 0.05) is 44.0 Å². The first-order valence-electron chi connectivity index (χ1n) is 9.75. The number of nitrogens with zero attached hydrogens (tertiary/aromatic N) is 6. The number of aryl methyl sites for hydroxylation is 3. The number of para-hydroxylation sites is 1. The zero-order chi connectivity index (χ0) is 21.4. The Balaban J connectivity index is 1.75. The third kappa shape index (κ3) is 3.68. The molecular formula is C22H23ClN6O. The van der Waals surface area contributed by atoms with Crippen LogP contribution in [0, 0.1) is 6.92 Å². The van der Waals surface area contributed by atoms with E-state index in [-0.39, 0.29) is 5.91 Å². The lowest BCUT2D eigenvalue weighted by Crippen LogP contribution is -2.27. The van der Waals surface area contributed by atoms with Gasteiger partial charge < -0.3 is 4.90 Å². The molecule has 3 heterocycles. The lowest BCUT2D eigenvalue weighted by Gasteiger charge is -2.18. The fourth-order valence-electron chi connectivity index (χ4n) is 3.55. The summed E-state index contributed by atoms with van der Waals surface area (Å²) >= 11 is 6.30. The zero-order valence-corrected chi connectivity index (χ0v) is 18.2. The Bertz CT molecular complexity index is 1240. The maximum Gasteiger partial charge on any atom is 0.254 e. The van der Waals surface area contributed by atoms with E-state index in [4.69, 9.17) is 16.6 Å². The molecule has 0 aliphatic heterocycles. The molecule has 8 heteroatoms. The molecule has 0 spiro atoms. The Hall–Kier alpha value is -3.19. The highest BCUT2D eigenvalue weighted by Gasteiger charge is 2.20. The predicted octanol–water partition coefficient (Wildman–Crippen LogP) is 4.09. The van der Waals surface area contributed by atoms with Crippen molar-refractivity contribution in [3.8, 4) is 11.3 Å². The number of carbonyl (C=O) groups excluding carboxylic acids is 1. The number of hydrogen-bond donors (Lipinski definition) is 0. The van der Waals surface area contributed by atoms with Crippen LogP contribution in [0.15, 0.2) is 42.7 Å². The fourth-order valence-corrected chi connectivity index (χ4v) is 3.76. The maximum atomic E-state index is 13.4. The van der Waals surface area contributed by atoms with Crippen molar-refractivity contribution in [3.63, 3.8) is 0 Å².